The van der Waals surface area contributed by atoms with Gasteiger partial charge in [0.1, 0.15) is 29.1 Å². The Kier molecular flexibility index (Phi) is 4.94. The van der Waals surface area contributed by atoms with Gasteiger partial charge in [-0.15, -0.1) is 5.10 Å². The Morgan fingerprint density at radius 2 is 2.03 bits per heavy atom. The Morgan fingerprint density at radius 3 is 2.71 bits per heavy atom. The minimum Gasteiger partial charge on any atom is -0.373 e. The zero-order valence-electron chi connectivity index (χ0n) is 18.8. The number of carbonyl (C=O) groups is 1. The van der Waals surface area contributed by atoms with E-state index in [1.807, 2.05) is 6.07 Å². The van der Waals surface area contributed by atoms with Gasteiger partial charge in [0, 0.05) is 31.6 Å². The number of anilines is 3. The van der Waals surface area contributed by atoms with Crippen molar-refractivity contribution in [3.05, 3.63) is 64.3 Å². The highest BCUT2D eigenvalue weighted by molar-refractivity contribution is 6.00. The number of nitrogens with zero attached hydrogens (tertiary/aromatic N) is 6. The fraction of sp³-hybridized carbons (Fsp3) is 0.304. The van der Waals surface area contributed by atoms with Crippen molar-refractivity contribution in [3.63, 3.8) is 0 Å². The van der Waals surface area contributed by atoms with Gasteiger partial charge in [0.25, 0.3) is 11.5 Å². The van der Waals surface area contributed by atoms with Crippen LogP contribution in [0.4, 0.5) is 21.7 Å². The van der Waals surface area contributed by atoms with E-state index in [9.17, 15) is 14.0 Å². The van der Waals surface area contributed by atoms with Crippen molar-refractivity contribution in [2.75, 3.05) is 17.7 Å². The van der Waals surface area contributed by atoms with E-state index in [4.69, 9.17) is 0 Å². The van der Waals surface area contributed by atoms with Gasteiger partial charge in [0.2, 0.25) is 0 Å². The van der Waals surface area contributed by atoms with E-state index in [-0.39, 0.29) is 22.5 Å². The van der Waals surface area contributed by atoms with Gasteiger partial charge in [-0.2, -0.15) is 14.7 Å². The van der Waals surface area contributed by atoms with E-state index >= 15 is 0 Å². The summed E-state index contributed by atoms with van der Waals surface area (Å²) in [6.45, 7) is 0. The zero-order valence-corrected chi connectivity index (χ0v) is 18.8. The number of rotatable bonds is 7. The van der Waals surface area contributed by atoms with Gasteiger partial charge in [0.15, 0.2) is 11.5 Å². The zero-order chi connectivity index (χ0) is 24.1. The van der Waals surface area contributed by atoms with Crippen molar-refractivity contribution >= 4 is 28.9 Å². The number of nitrogens with one attached hydrogen (secondary N) is 3. The smallest absolute Gasteiger partial charge is 0.280 e. The van der Waals surface area contributed by atoms with Crippen LogP contribution in [0, 0.1) is 0 Å². The standard InChI is InChI=1S/C23H22FN9O2/c1-25-20-10-18(29-21-13(11-26-33(20)21)22(34)28-17-9-14(17)24)27-16-3-2-8-32(23(16)35)19-7-6-15(30-31-19)12-4-5-12/h2-3,6-8,10-12,14,17,25H,4-5,9H2,1H3,(H,27,29)(H,28,34)/t14-,17+/m1/s1. The Bertz CT molecular complexity index is 1490. The largest absolute Gasteiger partial charge is 0.373 e. The third-order valence-corrected chi connectivity index (χ3v) is 6.13. The molecule has 2 aliphatic rings. The molecule has 2 atom stereocenters. The summed E-state index contributed by atoms with van der Waals surface area (Å²) in [6.07, 6.45) is 4.54. The summed E-state index contributed by atoms with van der Waals surface area (Å²) in [6, 6.07) is 8.23. The van der Waals surface area contributed by atoms with Crippen LogP contribution in [0.25, 0.3) is 11.5 Å². The van der Waals surface area contributed by atoms with E-state index in [1.54, 1.807) is 37.5 Å². The van der Waals surface area contributed by atoms with E-state index in [0.717, 1.165) is 18.5 Å². The average Bonchev–Trinajstić information content (AvgIpc) is 3.79. The van der Waals surface area contributed by atoms with Gasteiger partial charge in [-0.25, -0.2) is 9.37 Å². The minimum absolute atomic E-state index is 0.209. The normalized spacial score (nSPS) is 18.9. The fourth-order valence-electron chi connectivity index (χ4n) is 3.89. The third-order valence-electron chi connectivity index (χ3n) is 6.13. The minimum atomic E-state index is -1.02. The third kappa shape index (κ3) is 3.96. The molecule has 4 aromatic heterocycles. The van der Waals surface area contributed by atoms with Crippen molar-refractivity contribution in [1.82, 2.24) is 34.7 Å². The van der Waals surface area contributed by atoms with E-state index < -0.39 is 18.1 Å². The number of pyridine rings is 1. The van der Waals surface area contributed by atoms with Crippen LogP contribution < -0.4 is 21.5 Å². The Labute approximate surface area is 198 Å². The summed E-state index contributed by atoms with van der Waals surface area (Å²) in [5.74, 6) is 1.32. The quantitative estimate of drug-likeness (QED) is 0.371. The highest BCUT2D eigenvalue weighted by Gasteiger charge is 2.39. The van der Waals surface area contributed by atoms with Crippen LogP contribution in [-0.2, 0) is 0 Å². The topological polar surface area (TPSA) is 131 Å². The number of hydrogen-bond acceptors (Lipinski definition) is 8. The SMILES string of the molecule is CNc1cc(Nc2cccn(-c3ccc(C4CC4)nn3)c2=O)nc2c(C(=O)N[C@H]3C[C@H]3F)cnn12. The average molecular weight is 475 g/mol. The second-order valence-electron chi connectivity index (χ2n) is 8.71. The first-order valence-electron chi connectivity index (χ1n) is 11.4. The van der Waals surface area contributed by atoms with Crippen LogP contribution in [-0.4, -0.2) is 54.5 Å². The van der Waals surface area contributed by atoms with Crippen LogP contribution in [0.15, 0.2) is 47.5 Å². The molecule has 0 unspecified atom stereocenters. The van der Waals surface area contributed by atoms with Gasteiger partial charge >= 0.3 is 0 Å². The van der Waals surface area contributed by atoms with Crippen LogP contribution in [0.3, 0.4) is 0 Å². The van der Waals surface area contributed by atoms with Crippen LogP contribution in [0.5, 0.6) is 0 Å². The predicted molar refractivity (Wildman–Crippen MR) is 126 cm³/mol. The van der Waals surface area contributed by atoms with Crippen LogP contribution in [0.2, 0.25) is 0 Å². The molecular weight excluding hydrogens is 453 g/mol. The molecular formula is C23H22FN9O2. The monoisotopic (exact) mass is 475 g/mol. The first kappa shape index (κ1) is 21.2. The molecule has 0 aliphatic heterocycles. The fourth-order valence-corrected chi connectivity index (χ4v) is 3.89. The van der Waals surface area contributed by atoms with E-state index in [1.165, 1.54) is 15.3 Å². The molecule has 11 nitrogen and oxygen atoms in total. The lowest BCUT2D eigenvalue weighted by Gasteiger charge is -2.11. The van der Waals surface area contributed by atoms with Crippen LogP contribution in [0.1, 0.15) is 41.2 Å². The van der Waals surface area contributed by atoms with E-state index in [2.05, 4.69) is 36.2 Å². The van der Waals surface area contributed by atoms with Gasteiger partial charge in [-0.05, 0) is 37.1 Å². The molecule has 178 valence electrons. The maximum absolute atomic E-state index is 13.3. The molecule has 2 aliphatic carbocycles. The summed E-state index contributed by atoms with van der Waals surface area (Å²) < 4.78 is 16.1. The van der Waals surface area contributed by atoms with Gasteiger partial charge in [-0.1, -0.05) is 0 Å². The molecule has 0 bridgehead atoms. The van der Waals surface area contributed by atoms with E-state index in [0.29, 0.717) is 29.8 Å². The summed E-state index contributed by atoms with van der Waals surface area (Å²) >= 11 is 0. The molecule has 4 heterocycles. The van der Waals surface area contributed by atoms with Crippen molar-refractivity contribution in [3.8, 4) is 5.82 Å². The first-order valence-corrected chi connectivity index (χ1v) is 11.4. The van der Waals surface area contributed by atoms with Gasteiger partial charge in [-0.3, -0.25) is 14.2 Å². The van der Waals surface area contributed by atoms with Crippen molar-refractivity contribution in [1.29, 1.82) is 0 Å². The highest BCUT2D eigenvalue weighted by Crippen LogP contribution is 2.38. The molecule has 3 N–H and O–H groups in total. The number of hydrogen-bond donors (Lipinski definition) is 3. The highest BCUT2D eigenvalue weighted by atomic mass is 19.1. The molecule has 6 rings (SSSR count). The molecule has 4 aromatic rings. The maximum Gasteiger partial charge on any atom is 0.280 e. The molecule has 2 saturated carbocycles. The Morgan fingerprint density at radius 1 is 1.20 bits per heavy atom. The number of aromatic nitrogens is 6. The molecule has 12 heteroatoms. The number of carbonyl (C=O) groups excluding carboxylic acids is 1. The number of halogens is 1. The molecule has 35 heavy (non-hydrogen) atoms. The number of fused-ring (bicyclic) bond motifs is 1. The second kappa shape index (κ2) is 8.15. The number of amides is 1. The van der Waals surface area contributed by atoms with Crippen molar-refractivity contribution < 1.29 is 9.18 Å². The first-order chi connectivity index (χ1) is 17.0. The lowest BCUT2D eigenvalue weighted by atomic mass is 10.3. The summed E-state index contributed by atoms with van der Waals surface area (Å²) in [4.78, 5) is 30.3. The Hall–Kier alpha value is -4.35. The molecule has 1 amide bonds. The molecule has 0 radical (unpaired) electrons. The lowest BCUT2D eigenvalue weighted by molar-refractivity contribution is 0.0949. The summed E-state index contributed by atoms with van der Waals surface area (Å²) in [5.41, 5.74) is 1.36. The Balaban J connectivity index is 1.32. The van der Waals surface area contributed by atoms with Crippen molar-refractivity contribution in [2.24, 2.45) is 0 Å². The number of alkyl halides is 1. The molecule has 0 saturated heterocycles. The van der Waals surface area contributed by atoms with Crippen LogP contribution >= 0.6 is 0 Å². The maximum atomic E-state index is 13.3. The van der Waals surface area contributed by atoms with Gasteiger partial charge < -0.3 is 16.0 Å². The molecule has 2 fully saturated rings. The summed E-state index contributed by atoms with van der Waals surface area (Å²) in [7, 11) is 1.71. The molecule has 0 aromatic carbocycles. The summed E-state index contributed by atoms with van der Waals surface area (Å²) in [5, 5.41) is 21.4. The lowest BCUT2D eigenvalue weighted by Crippen LogP contribution is -2.27. The second-order valence-corrected chi connectivity index (χ2v) is 8.71. The van der Waals surface area contributed by atoms with Gasteiger partial charge in [0.05, 0.1) is 17.9 Å². The molecule has 0 spiro atoms. The van der Waals surface area contributed by atoms with Crippen molar-refractivity contribution in [2.45, 2.75) is 37.4 Å². The predicted octanol–water partition coefficient (Wildman–Crippen LogP) is 2.17.